The van der Waals surface area contributed by atoms with Gasteiger partial charge < -0.3 is 24.6 Å². The van der Waals surface area contributed by atoms with Crippen LogP contribution in [0, 0.1) is 6.92 Å². The maximum absolute atomic E-state index is 12.4. The third-order valence-corrected chi connectivity index (χ3v) is 6.47. The SMILES string of the molecule is Cc1cc(Nc2ncnc3cnc(N4CCN(C(=O)OC(C)(C)C)CC4)nc23)ccc1Oc1cnn2ccnc2c1. The van der Waals surface area contributed by atoms with E-state index in [0.29, 0.717) is 66.1 Å². The summed E-state index contributed by atoms with van der Waals surface area (Å²) < 4.78 is 13.2. The van der Waals surface area contributed by atoms with E-state index in [1.54, 1.807) is 34.2 Å². The maximum Gasteiger partial charge on any atom is 0.410 e. The summed E-state index contributed by atoms with van der Waals surface area (Å²) in [6.45, 7) is 9.78. The van der Waals surface area contributed by atoms with E-state index < -0.39 is 5.60 Å². The summed E-state index contributed by atoms with van der Waals surface area (Å²) in [5.41, 5.74) is 3.15. The number of fused-ring (bicyclic) bond motifs is 2. The molecule has 41 heavy (non-hydrogen) atoms. The average Bonchev–Trinajstić information content (AvgIpc) is 3.42. The predicted molar refractivity (Wildman–Crippen MR) is 153 cm³/mol. The predicted octanol–water partition coefficient (Wildman–Crippen LogP) is 4.36. The highest BCUT2D eigenvalue weighted by molar-refractivity contribution is 5.87. The summed E-state index contributed by atoms with van der Waals surface area (Å²) in [7, 11) is 0. The molecule has 6 rings (SSSR count). The highest BCUT2D eigenvalue weighted by atomic mass is 16.6. The summed E-state index contributed by atoms with van der Waals surface area (Å²) in [5.74, 6) is 2.43. The van der Waals surface area contributed by atoms with E-state index in [2.05, 4.69) is 30.4 Å². The van der Waals surface area contributed by atoms with Crippen molar-refractivity contribution < 1.29 is 14.3 Å². The summed E-state index contributed by atoms with van der Waals surface area (Å²) in [6, 6.07) is 7.61. The van der Waals surface area contributed by atoms with Gasteiger partial charge in [-0.2, -0.15) is 5.10 Å². The van der Waals surface area contributed by atoms with Gasteiger partial charge in [-0.15, -0.1) is 0 Å². The molecule has 1 aromatic carbocycles. The number of rotatable bonds is 5. The molecular formula is C28H30N10O3. The molecule has 0 unspecified atom stereocenters. The molecule has 0 spiro atoms. The second-order valence-corrected chi connectivity index (χ2v) is 10.7. The fourth-order valence-electron chi connectivity index (χ4n) is 4.46. The average molecular weight is 555 g/mol. The Morgan fingerprint density at radius 3 is 2.61 bits per heavy atom. The van der Waals surface area contributed by atoms with Crippen LogP contribution < -0.4 is 15.0 Å². The quantitative estimate of drug-likeness (QED) is 0.332. The highest BCUT2D eigenvalue weighted by Gasteiger charge is 2.27. The first-order valence-corrected chi connectivity index (χ1v) is 13.3. The number of carbonyl (C=O) groups excluding carboxylic acids is 1. The van der Waals surface area contributed by atoms with Crippen molar-refractivity contribution in [1.82, 2.24) is 39.4 Å². The van der Waals surface area contributed by atoms with Crippen molar-refractivity contribution in [1.29, 1.82) is 0 Å². The van der Waals surface area contributed by atoms with E-state index in [4.69, 9.17) is 14.5 Å². The van der Waals surface area contributed by atoms with Gasteiger partial charge in [0.1, 0.15) is 28.7 Å². The number of nitrogens with zero attached hydrogens (tertiary/aromatic N) is 9. The van der Waals surface area contributed by atoms with Gasteiger partial charge in [0.2, 0.25) is 5.95 Å². The lowest BCUT2D eigenvalue weighted by atomic mass is 10.2. The molecule has 1 N–H and O–H groups in total. The standard InChI is InChI=1S/C28H30N10O3/c1-18-13-19(5-6-22(18)40-20-14-23-29-7-8-38(23)33-15-20)34-25-24-21(31-17-32-25)16-30-26(35-24)36-9-11-37(12-10-36)27(39)41-28(2,3)4/h5-8,13-17H,9-12H2,1-4H3,(H,31,32,34). The minimum absolute atomic E-state index is 0.307. The molecule has 0 atom stereocenters. The van der Waals surface area contributed by atoms with Crippen LogP contribution in [0.4, 0.5) is 22.2 Å². The zero-order valence-corrected chi connectivity index (χ0v) is 23.3. The summed E-state index contributed by atoms with van der Waals surface area (Å²) >= 11 is 0. The summed E-state index contributed by atoms with van der Waals surface area (Å²) in [6.07, 6.45) is 7.99. The van der Waals surface area contributed by atoms with Crippen molar-refractivity contribution in [3.05, 3.63) is 60.9 Å². The van der Waals surface area contributed by atoms with Crippen LogP contribution in [0.15, 0.2) is 55.4 Å². The Hall–Kier alpha value is -5.07. The smallest absolute Gasteiger partial charge is 0.410 e. The van der Waals surface area contributed by atoms with Crippen LogP contribution in [0.3, 0.4) is 0 Å². The molecule has 13 heteroatoms. The third-order valence-electron chi connectivity index (χ3n) is 6.47. The van der Waals surface area contributed by atoms with Gasteiger partial charge in [-0.25, -0.2) is 34.2 Å². The Balaban J connectivity index is 1.17. The van der Waals surface area contributed by atoms with Gasteiger partial charge in [0.15, 0.2) is 17.2 Å². The molecular weight excluding hydrogens is 524 g/mol. The van der Waals surface area contributed by atoms with E-state index in [1.165, 1.54) is 6.33 Å². The number of nitrogens with one attached hydrogen (secondary N) is 1. The lowest BCUT2D eigenvalue weighted by Crippen LogP contribution is -2.50. The van der Waals surface area contributed by atoms with Crippen LogP contribution >= 0.6 is 0 Å². The minimum Gasteiger partial charge on any atom is -0.455 e. The molecule has 5 heterocycles. The van der Waals surface area contributed by atoms with Crippen molar-refractivity contribution >= 4 is 40.2 Å². The van der Waals surface area contributed by atoms with E-state index in [0.717, 1.165) is 11.3 Å². The van der Waals surface area contributed by atoms with Gasteiger partial charge in [-0.1, -0.05) is 0 Å². The van der Waals surface area contributed by atoms with E-state index in [1.807, 2.05) is 56.9 Å². The topological polar surface area (TPSA) is 136 Å². The van der Waals surface area contributed by atoms with E-state index in [9.17, 15) is 4.79 Å². The Morgan fingerprint density at radius 1 is 1.00 bits per heavy atom. The highest BCUT2D eigenvalue weighted by Crippen LogP contribution is 2.30. The van der Waals surface area contributed by atoms with Crippen molar-refractivity contribution in [3.63, 3.8) is 0 Å². The molecule has 1 aliphatic rings. The first kappa shape index (κ1) is 26.2. The number of piperazine rings is 1. The molecule has 0 bridgehead atoms. The minimum atomic E-state index is -0.530. The molecule has 0 aliphatic carbocycles. The van der Waals surface area contributed by atoms with Crippen molar-refractivity contribution in [2.75, 3.05) is 36.4 Å². The number of aryl methyl sites for hydroxylation is 1. The number of amides is 1. The lowest BCUT2D eigenvalue weighted by Gasteiger charge is -2.35. The Kier molecular flexibility index (Phi) is 6.69. The zero-order valence-electron chi connectivity index (χ0n) is 23.3. The number of ether oxygens (including phenoxy) is 2. The zero-order chi connectivity index (χ0) is 28.6. The molecule has 0 radical (unpaired) electrons. The molecule has 1 amide bonds. The number of anilines is 3. The van der Waals surface area contributed by atoms with Crippen LogP contribution in [0.1, 0.15) is 26.3 Å². The van der Waals surface area contributed by atoms with Crippen LogP contribution in [-0.4, -0.2) is 77.3 Å². The molecule has 0 saturated carbocycles. The molecule has 1 aliphatic heterocycles. The lowest BCUT2D eigenvalue weighted by molar-refractivity contribution is 0.0240. The third kappa shape index (κ3) is 5.78. The van der Waals surface area contributed by atoms with Gasteiger partial charge in [-0.05, 0) is 51.5 Å². The number of hydrogen-bond acceptors (Lipinski definition) is 11. The van der Waals surface area contributed by atoms with Crippen LogP contribution in [-0.2, 0) is 4.74 Å². The van der Waals surface area contributed by atoms with Gasteiger partial charge in [0.25, 0.3) is 0 Å². The number of imidazole rings is 1. The fraction of sp³-hybridized carbons (Fsp3) is 0.321. The van der Waals surface area contributed by atoms with Crippen LogP contribution in [0.25, 0.3) is 16.7 Å². The Labute approximate surface area is 236 Å². The number of benzene rings is 1. The Bertz CT molecular complexity index is 1720. The maximum atomic E-state index is 12.4. The number of aromatic nitrogens is 7. The molecule has 210 valence electrons. The molecule has 1 fully saturated rings. The van der Waals surface area contributed by atoms with Gasteiger partial charge in [0, 0.05) is 50.3 Å². The van der Waals surface area contributed by atoms with Crippen molar-refractivity contribution in [2.24, 2.45) is 0 Å². The summed E-state index contributed by atoms with van der Waals surface area (Å²) in [4.78, 5) is 38.6. The first-order chi connectivity index (χ1) is 19.7. The van der Waals surface area contributed by atoms with Gasteiger partial charge >= 0.3 is 6.09 Å². The Morgan fingerprint density at radius 2 is 1.83 bits per heavy atom. The molecule has 1 saturated heterocycles. The second-order valence-electron chi connectivity index (χ2n) is 10.7. The first-order valence-electron chi connectivity index (χ1n) is 13.3. The second kappa shape index (κ2) is 10.5. The molecule has 5 aromatic rings. The molecule has 13 nitrogen and oxygen atoms in total. The van der Waals surface area contributed by atoms with Crippen LogP contribution in [0.2, 0.25) is 0 Å². The number of carbonyl (C=O) groups is 1. The number of hydrogen-bond donors (Lipinski definition) is 1. The van der Waals surface area contributed by atoms with Gasteiger partial charge in [-0.3, -0.25) is 0 Å². The van der Waals surface area contributed by atoms with Crippen LogP contribution in [0.5, 0.6) is 11.5 Å². The van der Waals surface area contributed by atoms with E-state index in [-0.39, 0.29) is 6.09 Å². The monoisotopic (exact) mass is 554 g/mol. The fourth-order valence-corrected chi connectivity index (χ4v) is 4.46. The van der Waals surface area contributed by atoms with Crippen molar-refractivity contribution in [3.8, 4) is 11.5 Å². The summed E-state index contributed by atoms with van der Waals surface area (Å²) in [5, 5.41) is 7.66. The molecule has 4 aromatic heterocycles. The largest absolute Gasteiger partial charge is 0.455 e. The van der Waals surface area contributed by atoms with Crippen molar-refractivity contribution in [2.45, 2.75) is 33.3 Å². The normalized spacial score (nSPS) is 14.0. The van der Waals surface area contributed by atoms with Gasteiger partial charge in [0.05, 0.1) is 12.4 Å². The van der Waals surface area contributed by atoms with E-state index >= 15 is 0 Å².